The Labute approximate surface area is 109 Å². The average Bonchev–Trinajstić information content (AvgIpc) is 2.34. The minimum Gasteiger partial charge on any atom is -0.463 e. The summed E-state index contributed by atoms with van der Waals surface area (Å²) in [4.78, 5) is 22.4. The maximum absolute atomic E-state index is 11.2. The number of ether oxygens (including phenoxy) is 1. The van der Waals surface area contributed by atoms with Crippen LogP contribution >= 0.6 is 0 Å². The van der Waals surface area contributed by atoms with Gasteiger partial charge in [0.15, 0.2) is 0 Å². The number of carbonyl (C=O) groups is 2. The zero-order chi connectivity index (χ0) is 13.8. The summed E-state index contributed by atoms with van der Waals surface area (Å²) in [5, 5.41) is 12.1. The molecule has 0 rings (SSSR count). The van der Waals surface area contributed by atoms with Gasteiger partial charge in [-0.15, -0.1) is 0 Å². The average molecular weight is 259 g/mol. The Kier molecular flexibility index (Phi) is 10.3. The molecule has 2 N–H and O–H groups in total. The first-order valence-corrected chi connectivity index (χ1v) is 6.70. The Morgan fingerprint density at radius 2 is 1.89 bits per heavy atom. The number of rotatable bonds is 10. The molecule has 0 aliphatic carbocycles. The van der Waals surface area contributed by atoms with E-state index in [-0.39, 0.29) is 25.0 Å². The van der Waals surface area contributed by atoms with Crippen molar-refractivity contribution in [1.82, 2.24) is 5.32 Å². The molecular weight excluding hydrogens is 234 g/mol. The number of esters is 1. The Bertz CT molecular complexity index is 243. The number of hydrogen-bond donors (Lipinski definition) is 2. The van der Waals surface area contributed by atoms with Gasteiger partial charge in [0.05, 0.1) is 0 Å². The maximum Gasteiger partial charge on any atom is 0.305 e. The van der Waals surface area contributed by atoms with E-state index in [0.717, 1.165) is 25.7 Å². The maximum atomic E-state index is 11.2. The van der Waals surface area contributed by atoms with Crippen molar-refractivity contribution >= 4 is 11.9 Å². The third kappa shape index (κ3) is 10.1. The summed E-state index contributed by atoms with van der Waals surface area (Å²) in [6.07, 6.45) is 3.66. The SMILES string of the molecule is CCCCCC(=O)OC[C@H](O)CNC(=O)CCC. The lowest BCUT2D eigenvalue weighted by atomic mass is 10.2. The summed E-state index contributed by atoms with van der Waals surface area (Å²) in [5.41, 5.74) is 0. The van der Waals surface area contributed by atoms with Crippen molar-refractivity contribution in [3.63, 3.8) is 0 Å². The molecule has 5 nitrogen and oxygen atoms in total. The van der Waals surface area contributed by atoms with Crippen LogP contribution in [0.25, 0.3) is 0 Å². The summed E-state index contributed by atoms with van der Waals surface area (Å²) >= 11 is 0. The van der Waals surface area contributed by atoms with Gasteiger partial charge in [0.2, 0.25) is 5.91 Å². The third-order valence-electron chi connectivity index (χ3n) is 2.43. The summed E-state index contributed by atoms with van der Waals surface area (Å²) in [6.45, 7) is 4.04. The smallest absolute Gasteiger partial charge is 0.305 e. The fourth-order valence-corrected chi connectivity index (χ4v) is 1.39. The fourth-order valence-electron chi connectivity index (χ4n) is 1.39. The second-order valence-electron chi connectivity index (χ2n) is 4.35. The number of amides is 1. The van der Waals surface area contributed by atoms with E-state index in [4.69, 9.17) is 4.74 Å². The molecule has 106 valence electrons. The lowest BCUT2D eigenvalue weighted by molar-refractivity contribution is -0.146. The van der Waals surface area contributed by atoms with Crippen LogP contribution in [0.2, 0.25) is 0 Å². The highest BCUT2D eigenvalue weighted by atomic mass is 16.5. The van der Waals surface area contributed by atoms with E-state index in [1.54, 1.807) is 0 Å². The molecule has 0 aliphatic rings. The first-order valence-electron chi connectivity index (χ1n) is 6.70. The number of carbonyl (C=O) groups excluding carboxylic acids is 2. The molecule has 18 heavy (non-hydrogen) atoms. The van der Waals surface area contributed by atoms with Crippen LogP contribution in [-0.2, 0) is 14.3 Å². The number of aliphatic hydroxyl groups excluding tert-OH is 1. The number of nitrogens with one attached hydrogen (secondary N) is 1. The molecule has 0 heterocycles. The van der Waals surface area contributed by atoms with Gasteiger partial charge in [-0.2, -0.15) is 0 Å². The number of aliphatic hydroxyl groups is 1. The van der Waals surface area contributed by atoms with Crippen LogP contribution in [0.15, 0.2) is 0 Å². The van der Waals surface area contributed by atoms with E-state index >= 15 is 0 Å². The predicted molar refractivity (Wildman–Crippen MR) is 69.0 cm³/mol. The monoisotopic (exact) mass is 259 g/mol. The van der Waals surface area contributed by atoms with Crippen molar-refractivity contribution in [2.24, 2.45) is 0 Å². The molecule has 0 aromatic heterocycles. The summed E-state index contributed by atoms with van der Waals surface area (Å²) in [5.74, 6) is -0.381. The van der Waals surface area contributed by atoms with Crippen molar-refractivity contribution in [1.29, 1.82) is 0 Å². The normalized spacial score (nSPS) is 11.9. The highest BCUT2D eigenvalue weighted by Crippen LogP contribution is 2.00. The second kappa shape index (κ2) is 11.0. The Morgan fingerprint density at radius 1 is 1.17 bits per heavy atom. The van der Waals surface area contributed by atoms with Crippen LogP contribution in [0.4, 0.5) is 0 Å². The van der Waals surface area contributed by atoms with Crippen molar-refractivity contribution in [3.8, 4) is 0 Å². The summed E-state index contributed by atoms with van der Waals surface area (Å²) in [6, 6.07) is 0. The molecule has 0 spiro atoms. The molecule has 1 amide bonds. The van der Waals surface area contributed by atoms with E-state index in [1.807, 2.05) is 6.92 Å². The van der Waals surface area contributed by atoms with Gasteiger partial charge in [0, 0.05) is 19.4 Å². The van der Waals surface area contributed by atoms with Crippen molar-refractivity contribution in [3.05, 3.63) is 0 Å². The molecule has 5 heteroatoms. The summed E-state index contributed by atoms with van der Waals surface area (Å²) < 4.78 is 4.90. The minimum absolute atomic E-state index is 0.0582. The highest BCUT2D eigenvalue weighted by Gasteiger charge is 2.09. The number of hydrogen-bond acceptors (Lipinski definition) is 4. The minimum atomic E-state index is -0.832. The zero-order valence-corrected chi connectivity index (χ0v) is 11.4. The lowest BCUT2D eigenvalue weighted by Gasteiger charge is -2.12. The Hall–Kier alpha value is -1.10. The van der Waals surface area contributed by atoms with Crippen LogP contribution in [0.1, 0.15) is 52.4 Å². The van der Waals surface area contributed by atoms with Crippen LogP contribution in [-0.4, -0.2) is 36.2 Å². The molecule has 0 aromatic carbocycles. The molecule has 0 radical (unpaired) electrons. The Morgan fingerprint density at radius 3 is 2.50 bits per heavy atom. The van der Waals surface area contributed by atoms with E-state index in [2.05, 4.69) is 12.2 Å². The van der Waals surface area contributed by atoms with Crippen LogP contribution < -0.4 is 5.32 Å². The van der Waals surface area contributed by atoms with Crippen molar-refractivity contribution in [2.45, 2.75) is 58.5 Å². The van der Waals surface area contributed by atoms with E-state index < -0.39 is 6.10 Å². The van der Waals surface area contributed by atoms with Gasteiger partial charge in [-0.25, -0.2) is 0 Å². The van der Waals surface area contributed by atoms with E-state index in [9.17, 15) is 14.7 Å². The first-order chi connectivity index (χ1) is 8.60. The molecule has 0 saturated carbocycles. The van der Waals surface area contributed by atoms with Gasteiger partial charge in [0.1, 0.15) is 12.7 Å². The zero-order valence-electron chi connectivity index (χ0n) is 11.4. The molecule has 0 unspecified atom stereocenters. The Balaban J connectivity index is 3.54. The van der Waals surface area contributed by atoms with E-state index in [1.165, 1.54) is 0 Å². The van der Waals surface area contributed by atoms with Crippen LogP contribution in [0, 0.1) is 0 Å². The molecule has 0 bridgehead atoms. The fraction of sp³-hybridized carbons (Fsp3) is 0.846. The standard InChI is InChI=1S/C13H25NO4/c1-3-5-6-8-13(17)18-10-11(15)9-14-12(16)7-4-2/h11,15H,3-10H2,1-2H3,(H,14,16)/t11-/m1/s1. The van der Waals surface area contributed by atoms with Gasteiger partial charge >= 0.3 is 5.97 Å². The summed E-state index contributed by atoms with van der Waals surface area (Å²) in [7, 11) is 0. The van der Waals surface area contributed by atoms with Crippen molar-refractivity contribution < 1.29 is 19.4 Å². The van der Waals surface area contributed by atoms with E-state index in [0.29, 0.717) is 12.8 Å². The topological polar surface area (TPSA) is 75.6 Å². The highest BCUT2D eigenvalue weighted by molar-refractivity contribution is 5.75. The van der Waals surface area contributed by atoms with Crippen LogP contribution in [0.5, 0.6) is 0 Å². The third-order valence-corrected chi connectivity index (χ3v) is 2.43. The van der Waals surface area contributed by atoms with Crippen LogP contribution in [0.3, 0.4) is 0 Å². The van der Waals surface area contributed by atoms with Gasteiger partial charge in [-0.1, -0.05) is 26.7 Å². The van der Waals surface area contributed by atoms with Gasteiger partial charge in [-0.05, 0) is 12.8 Å². The molecule has 0 aliphatic heterocycles. The first kappa shape index (κ1) is 16.9. The molecular formula is C13H25NO4. The molecule has 0 aromatic rings. The molecule has 0 saturated heterocycles. The number of unbranched alkanes of at least 4 members (excludes halogenated alkanes) is 2. The van der Waals surface area contributed by atoms with Gasteiger partial charge in [0.25, 0.3) is 0 Å². The predicted octanol–water partition coefficient (Wildman–Crippen LogP) is 1.39. The van der Waals surface area contributed by atoms with Gasteiger partial charge in [-0.3, -0.25) is 9.59 Å². The second-order valence-corrected chi connectivity index (χ2v) is 4.35. The van der Waals surface area contributed by atoms with Crippen molar-refractivity contribution in [2.75, 3.05) is 13.2 Å². The van der Waals surface area contributed by atoms with Gasteiger partial charge < -0.3 is 15.2 Å². The quantitative estimate of drug-likeness (QED) is 0.459. The molecule has 0 fully saturated rings. The lowest BCUT2D eigenvalue weighted by Crippen LogP contribution is -2.34. The molecule has 1 atom stereocenters. The largest absolute Gasteiger partial charge is 0.463 e.